The number of nitrogens with zero attached hydrogens (tertiary/aromatic N) is 1. The molecule has 1 aliphatic rings. The van der Waals surface area contributed by atoms with Crippen LogP contribution in [0.1, 0.15) is 31.7 Å². The van der Waals surface area contributed by atoms with Crippen LogP contribution in [0.3, 0.4) is 0 Å². The third kappa shape index (κ3) is 5.99. The molecule has 0 bridgehead atoms. The normalized spacial score (nSPS) is 17.4. The van der Waals surface area contributed by atoms with E-state index >= 15 is 0 Å². The van der Waals surface area contributed by atoms with Gasteiger partial charge in [0.2, 0.25) is 15.9 Å². The lowest BCUT2D eigenvalue weighted by Crippen LogP contribution is -2.42. The van der Waals surface area contributed by atoms with E-state index in [-0.39, 0.29) is 24.1 Å². The van der Waals surface area contributed by atoms with Crippen molar-refractivity contribution in [3.05, 3.63) is 29.8 Å². The third-order valence-electron chi connectivity index (χ3n) is 4.04. The van der Waals surface area contributed by atoms with Crippen LogP contribution in [0.25, 0.3) is 0 Å². The molecule has 1 heterocycles. The molecule has 1 atom stereocenters. The van der Waals surface area contributed by atoms with Crippen molar-refractivity contribution in [2.45, 2.75) is 26.2 Å². The molecule has 0 aliphatic carbocycles. The Kier molecular flexibility index (Phi) is 7.40. The number of fused-ring (bicyclic) bond motifs is 1. The highest BCUT2D eigenvalue weighted by atomic mass is 32.2. The molecule has 8 nitrogen and oxygen atoms in total. The topological polar surface area (TPSA) is 112 Å². The van der Waals surface area contributed by atoms with E-state index in [9.17, 15) is 13.2 Å². The van der Waals surface area contributed by atoms with Crippen LogP contribution in [0.2, 0.25) is 0 Å². The molecule has 2 rings (SSSR count). The van der Waals surface area contributed by atoms with Crippen molar-refractivity contribution >= 4 is 27.6 Å². The van der Waals surface area contributed by atoms with Gasteiger partial charge in [-0.15, -0.1) is 0 Å². The molecule has 1 unspecified atom stereocenters. The molecular weight excluding hydrogens is 354 g/mol. The van der Waals surface area contributed by atoms with E-state index in [0.717, 1.165) is 11.3 Å². The van der Waals surface area contributed by atoms with E-state index in [0.29, 0.717) is 32.0 Å². The van der Waals surface area contributed by atoms with Crippen LogP contribution in [0.15, 0.2) is 29.3 Å². The van der Waals surface area contributed by atoms with E-state index in [2.05, 4.69) is 25.7 Å². The smallest absolute Gasteiger partial charge is 0.225 e. The predicted molar refractivity (Wildman–Crippen MR) is 104 cm³/mol. The molecule has 1 aromatic carbocycles. The molecule has 144 valence electrons. The molecule has 0 spiro atoms. The average molecular weight is 382 g/mol. The maximum atomic E-state index is 11.9. The minimum Gasteiger partial charge on any atom is -0.357 e. The maximum absolute atomic E-state index is 11.9. The van der Waals surface area contributed by atoms with Gasteiger partial charge in [-0.2, -0.15) is 0 Å². The van der Waals surface area contributed by atoms with Gasteiger partial charge in [-0.1, -0.05) is 18.2 Å². The Morgan fingerprint density at radius 2 is 2.00 bits per heavy atom. The van der Waals surface area contributed by atoms with Crippen LogP contribution in [0, 0.1) is 0 Å². The van der Waals surface area contributed by atoms with Crippen molar-refractivity contribution < 1.29 is 13.2 Å². The van der Waals surface area contributed by atoms with Gasteiger partial charge in [0.05, 0.1) is 12.3 Å². The first kappa shape index (κ1) is 20.2. The van der Waals surface area contributed by atoms with Crippen molar-refractivity contribution in [3.63, 3.8) is 0 Å². The maximum Gasteiger partial charge on any atom is 0.225 e. The summed E-state index contributed by atoms with van der Waals surface area (Å²) in [5, 5.41) is 9.11. The number of sulfonamides is 1. The van der Waals surface area contributed by atoms with Crippen LogP contribution in [0.4, 0.5) is 5.69 Å². The zero-order valence-corrected chi connectivity index (χ0v) is 16.0. The van der Waals surface area contributed by atoms with Crippen molar-refractivity contribution in [1.82, 2.24) is 15.4 Å². The average Bonchev–Trinajstić information content (AvgIpc) is 2.62. The first-order chi connectivity index (χ1) is 12.4. The molecule has 26 heavy (non-hydrogen) atoms. The molecule has 4 N–H and O–H groups in total. The second-order valence-electron chi connectivity index (χ2n) is 5.98. The van der Waals surface area contributed by atoms with Gasteiger partial charge in [0.1, 0.15) is 0 Å². The lowest BCUT2D eigenvalue weighted by molar-refractivity contribution is -0.116. The van der Waals surface area contributed by atoms with Crippen molar-refractivity contribution in [3.8, 4) is 0 Å². The fourth-order valence-corrected chi connectivity index (χ4v) is 3.31. The first-order valence-electron chi connectivity index (χ1n) is 8.83. The number of aliphatic imine (C=N–C) groups is 1. The second-order valence-corrected chi connectivity index (χ2v) is 8.08. The lowest BCUT2D eigenvalue weighted by Gasteiger charge is -2.24. The Morgan fingerprint density at radius 3 is 2.73 bits per heavy atom. The molecule has 1 amide bonds. The molecule has 0 fully saturated rings. The monoisotopic (exact) mass is 381 g/mol. The SMILES string of the molecule is CCNC(=NCC1CC(=O)Nc2ccccc21)NCCNS(=O)(=O)CC. The van der Waals surface area contributed by atoms with Gasteiger partial charge in [-0.25, -0.2) is 13.1 Å². The van der Waals surface area contributed by atoms with Crippen molar-refractivity contribution in [2.24, 2.45) is 4.99 Å². The quantitative estimate of drug-likeness (QED) is 0.299. The summed E-state index contributed by atoms with van der Waals surface area (Å²) < 4.78 is 25.4. The fraction of sp³-hybridized carbons (Fsp3) is 0.529. The minimum atomic E-state index is -3.19. The highest BCUT2D eigenvalue weighted by molar-refractivity contribution is 7.89. The van der Waals surface area contributed by atoms with Gasteiger partial charge in [0.25, 0.3) is 0 Å². The number of benzene rings is 1. The summed E-state index contributed by atoms with van der Waals surface area (Å²) in [7, 11) is -3.19. The standard InChI is InChI=1S/C17H27N5O3S/c1-3-18-17(19-9-10-21-26(24,25)4-2)20-12-13-11-16(23)22-15-8-6-5-7-14(13)15/h5-8,13,21H,3-4,9-12H2,1-2H3,(H,22,23)(H2,18,19,20). The Morgan fingerprint density at radius 1 is 1.23 bits per heavy atom. The van der Waals surface area contributed by atoms with E-state index in [1.807, 2.05) is 31.2 Å². The Balaban J connectivity index is 1.95. The Hall–Kier alpha value is -2.13. The number of anilines is 1. The lowest BCUT2D eigenvalue weighted by atomic mass is 9.91. The zero-order valence-electron chi connectivity index (χ0n) is 15.2. The molecular formula is C17H27N5O3S. The van der Waals surface area contributed by atoms with E-state index in [1.165, 1.54) is 0 Å². The third-order valence-corrected chi connectivity index (χ3v) is 5.44. The molecule has 1 aromatic rings. The Bertz CT molecular complexity index is 749. The van der Waals surface area contributed by atoms with Crippen LogP contribution >= 0.6 is 0 Å². The number of nitrogens with one attached hydrogen (secondary N) is 4. The predicted octanol–water partition coefficient (Wildman–Crippen LogP) is 0.607. The van der Waals surface area contributed by atoms with Gasteiger partial charge in [-0.05, 0) is 25.5 Å². The van der Waals surface area contributed by atoms with Crippen LogP contribution in [0.5, 0.6) is 0 Å². The number of hydrogen-bond acceptors (Lipinski definition) is 4. The minimum absolute atomic E-state index is 0.00386. The summed E-state index contributed by atoms with van der Waals surface area (Å²) >= 11 is 0. The van der Waals surface area contributed by atoms with Gasteiger partial charge in [-0.3, -0.25) is 9.79 Å². The summed E-state index contributed by atoms with van der Waals surface area (Å²) in [6.07, 6.45) is 0.399. The second kappa shape index (κ2) is 9.54. The summed E-state index contributed by atoms with van der Waals surface area (Å²) in [5.74, 6) is 0.682. The van der Waals surface area contributed by atoms with Gasteiger partial charge < -0.3 is 16.0 Å². The highest BCUT2D eigenvalue weighted by Crippen LogP contribution is 2.31. The van der Waals surface area contributed by atoms with Gasteiger partial charge >= 0.3 is 0 Å². The van der Waals surface area contributed by atoms with Crippen molar-refractivity contribution in [2.75, 3.05) is 37.2 Å². The number of hydrogen-bond donors (Lipinski definition) is 4. The van der Waals surface area contributed by atoms with E-state index < -0.39 is 10.0 Å². The molecule has 0 saturated heterocycles. The number of carbonyl (C=O) groups is 1. The number of rotatable bonds is 8. The molecule has 0 saturated carbocycles. The van der Waals surface area contributed by atoms with E-state index in [4.69, 9.17) is 0 Å². The number of guanidine groups is 1. The molecule has 1 aliphatic heterocycles. The summed E-state index contributed by atoms with van der Waals surface area (Å²) in [4.78, 5) is 16.4. The highest BCUT2D eigenvalue weighted by Gasteiger charge is 2.24. The largest absolute Gasteiger partial charge is 0.357 e. The molecule has 9 heteroatoms. The summed E-state index contributed by atoms with van der Waals surface area (Å²) in [6, 6.07) is 7.76. The van der Waals surface area contributed by atoms with Crippen LogP contribution in [-0.4, -0.2) is 52.2 Å². The number of amides is 1. The number of carbonyl (C=O) groups excluding carboxylic acids is 1. The van der Waals surface area contributed by atoms with E-state index in [1.54, 1.807) is 6.92 Å². The summed E-state index contributed by atoms with van der Waals surface area (Å²) in [5.41, 5.74) is 1.93. The van der Waals surface area contributed by atoms with Crippen LogP contribution in [-0.2, 0) is 14.8 Å². The molecule has 0 aromatic heterocycles. The van der Waals surface area contributed by atoms with Gasteiger partial charge in [0, 0.05) is 37.7 Å². The summed E-state index contributed by atoms with van der Waals surface area (Å²) in [6.45, 7) is 5.43. The zero-order chi connectivity index (χ0) is 19.0. The molecule has 0 radical (unpaired) electrons. The van der Waals surface area contributed by atoms with Crippen molar-refractivity contribution in [1.29, 1.82) is 0 Å². The van der Waals surface area contributed by atoms with Crippen LogP contribution < -0.4 is 20.7 Å². The number of para-hydroxylation sites is 1. The first-order valence-corrected chi connectivity index (χ1v) is 10.5. The van der Waals surface area contributed by atoms with Gasteiger partial charge in [0.15, 0.2) is 5.96 Å². The fourth-order valence-electron chi connectivity index (χ4n) is 2.70. The Labute approximate surface area is 154 Å².